The summed E-state index contributed by atoms with van der Waals surface area (Å²) in [6.07, 6.45) is 3.88. The van der Waals surface area contributed by atoms with E-state index < -0.39 is 30.1 Å². The number of carbonyl (C=O) groups is 2. The summed E-state index contributed by atoms with van der Waals surface area (Å²) in [5.74, 6) is -1.60. The Hall–Kier alpha value is -2.18. The highest BCUT2D eigenvalue weighted by molar-refractivity contribution is 5.92. The molecule has 0 aromatic heterocycles. The Morgan fingerprint density at radius 3 is 2.50 bits per heavy atom. The summed E-state index contributed by atoms with van der Waals surface area (Å²) in [6, 6.07) is 0. The minimum atomic E-state index is -0.688. The van der Waals surface area contributed by atoms with Gasteiger partial charge in [-0.2, -0.15) is 0 Å². The molecular formula is C20H28O6. The zero-order chi connectivity index (χ0) is 19.9. The molecule has 1 aliphatic heterocycles. The summed E-state index contributed by atoms with van der Waals surface area (Å²) < 4.78 is 11.0. The van der Waals surface area contributed by atoms with Gasteiger partial charge in [0.2, 0.25) is 0 Å². The first-order valence-corrected chi connectivity index (χ1v) is 8.53. The molecule has 6 heteroatoms. The van der Waals surface area contributed by atoms with Gasteiger partial charge in [0.05, 0.1) is 19.1 Å². The second-order valence-corrected chi connectivity index (χ2v) is 6.44. The third-order valence-electron chi connectivity index (χ3n) is 4.34. The molecule has 0 radical (unpaired) electrons. The molecule has 3 atom stereocenters. The minimum Gasteiger partial charge on any atom is -0.458 e. The van der Waals surface area contributed by atoms with Gasteiger partial charge in [0, 0.05) is 17.6 Å². The van der Waals surface area contributed by atoms with Crippen molar-refractivity contribution in [2.75, 3.05) is 13.2 Å². The van der Waals surface area contributed by atoms with Crippen LogP contribution in [0.2, 0.25) is 0 Å². The number of carbonyl (C=O) groups excluding carboxylic acids is 2. The van der Waals surface area contributed by atoms with Crippen molar-refractivity contribution in [1.29, 1.82) is 0 Å². The van der Waals surface area contributed by atoms with E-state index in [1.807, 2.05) is 6.92 Å². The number of aliphatic hydroxyl groups is 2. The van der Waals surface area contributed by atoms with Gasteiger partial charge in [0.1, 0.15) is 12.2 Å². The molecule has 0 unspecified atom stereocenters. The molecule has 2 N–H and O–H groups in total. The number of hydrogen-bond donors (Lipinski definition) is 2. The topological polar surface area (TPSA) is 93.1 Å². The summed E-state index contributed by atoms with van der Waals surface area (Å²) in [5, 5.41) is 18.3. The molecule has 1 aliphatic rings. The molecule has 144 valence electrons. The van der Waals surface area contributed by atoms with Crippen LogP contribution in [0, 0.1) is 5.92 Å². The van der Waals surface area contributed by atoms with Crippen molar-refractivity contribution in [3.8, 4) is 0 Å². The number of ether oxygens (including phenoxy) is 2. The van der Waals surface area contributed by atoms with E-state index in [-0.39, 0.29) is 18.8 Å². The maximum absolute atomic E-state index is 12.3. The van der Waals surface area contributed by atoms with Crippen molar-refractivity contribution in [3.05, 3.63) is 47.1 Å². The molecule has 0 saturated carbocycles. The summed E-state index contributed by atoms with van der Waals surface area (Å²) in [4.78, 5) is 24.3. The summed E-state index contributed by atoms with van der Waals surface area (Å²) in [5.41, 5.74) is 2.13. The molecule has 0 bridgehead atoms. The summed E-state index contributed by atoms with van der Waals surface area (Å²) in [6.45, 7) is 10.4. The zero-order valence-corrected chi connectivity index (χ0v) is 15.8. The zero-order valence-electron chi connectivity index (χ0n) is 15.8. The SMILES string of the molecule is C=C1C(=O)O[C@@H](/C=C(\C)CO)[C@H]1[C@@H](C/C(C)=C/CO)OC(=O)/C(C)=C\C. The Labute approximate surface area is 154 Å². The lowest BCUT2D eigenvalue weighted by Crippen LogP contribution is -2.33. The van der Waals surface area contributed by atoms with Crippen LogP contribution in [0.15, 0.2) is 47.1 Å². The van der Waals surface area contributed by atoms with Gasteiger partial charge in [-0.05, 0) is 39.3 Å². The van der Waals surface area contributed by atoms with Crippen molar-refractivity contribution < 1.29 is 29.3 Å². The number of cyclic esters (lactones) is 1. The van der Waals surface area contributed by atoms with Gasteiger partial charge >= 0.3 is 11.9 Å². The number of aliphatic hydroxyl groups excluding tert-OH is 2. The number of esters is 2. The molecule has 26 heavy (non-hydrogen) atoms. The molecule has 1 rings (SSSR count). The fourth-order valence-electron chi connectivity index (χ4n) is 2.66. The predicted molar refractivity (Wildman–Crippen MR) is 98.1 cm³/mol. The molecular weight excluding hydrogens is 336 g/mol. The van der Waals surface area contributed by atoms with Crippen LogP contribution in [-0.2, 0) is 19.1 Å². The molecule has 0 aromatic carbocycles. The van der Waals surface area contributed by atoms with Gasteiger partial charge in [-0.15, -0.1) is 0 Å². The van der Waals surface area contributed by atoms with E-state index in [9.17, 15) is 14.7 Å². The molecule has 1 fully saturated rings. The van der Waals surface area contributed by atoms with Crippen LogP contribution in [0.1, 0.15) is 34.1 Å². The van der Waals surface area contributed by atoms with Crippen molar-refractivity contribution in [3.63, 3.8) is 0 Å². The van der Waals surface area contributed by atoms with Crippen molar-refractivity contribution in [1.82, 2.24) is 0 Å². The van der Waals surface area contributed by atoms with Crippen molar-refractivity contribution in [2.24, 2.45) is 5.92 Å². The molecule has 0 spiro atoms. The first-order chi connectivity index (χ1) is 12.2. The van der Waals surface area contributed by atoms with E-state index in [0.717, 1.165) is 5.57 Å². The van der Waals surface area contributed by atoms with Gasteiger partial charge in [0.25, 0.3) is 0 Å². The van der Waals surface area contributed by atoms with Crippen LogP contribution in [0.4, 0.5) is 0 Å². The Morgan fingerprint density at radius 1 is 1.31 bits per heavy atom. The van der Waals surface area contributed by atoms with Gasteiger partial charge in [-0.25, -0.2) is 9.59 Å². The van der Waals surface area contributed by atoms with E-state index in [1.165, 1.54) is 0 Å². The lowest BCUT2D eigenvalue weighted by atomic mass is 9.86. The lowest BCUT2D eigenvalue weighted by molar-refractivity contribution is -0.147. The number of allylic oxidation sites excluding steroid dienone is 1. The van der Waals surface area contributed by atoms with Crippen LogP contribution < -0.4 is 0 Å². The highest BCUT2D eigenvalue weighted by atomic mass is 16.6. The fourth-order valence-corrected chi connectivity index (χ4v) is 2.66. The summed E-state index contributed by atoms with van der Waals surface area (Å²) in [7, 11) is 0. The number of rotatable bonds is 8. The van der Waals surface area contributed by atoms with E-state index in [4.69, 9.17) is 14.6 Å². The van der Waals surface area contributed by atoms with Crippen LogP contribution in [-0.4, -0.2) is 47.6 Å². The minimum absolute atomic E-state index is 0.131. The summed E-state index contributed by atoms with van der Waals surface area (Å²) >= 11 is 0. The van der Waals surface area contributed by atoms with Crippen LogP contribution in [0.3, 0.4) is 0 Å². The first-order valence-electron chi connectivity index (χ1n) is 8.53. The quantitative estimate of drug-likeness (QED) is 0.390. The highest BCUT2D eigenvalue weighted by Crippen LogP contribution is 2.35. The Morgan fingerprint density at radius 2 is 1.96 bits per heavy atom. The average molecular weight is 364 g/mol. The van der Waals surface area contributed by atoms with E-state index >= 15 is 0 Å². The lowest BCUT2D eigenvalue weighted by Gasteiger charge is -2.26. The van der Waals surface area contributed by atoms with Crippen LogP contribution >= 0.6 is 0 Å². The third-order valence-corrected chi connectivity index (χ3v) is 4.34. The molecule has 1 heterocycles. The second-order valence-electron chi connectivity index (χ2n) is 6.44. The Kier molecular flexibility index (Phi) is 8.48. The standard InChI is InChI=1S/C20H28O6/c1-6-14(4)19(23)25-16(9-12(2)7-8-21)18-15(5)20(24)26-17(18)10-13(3)11-22/h6-7,10,16-18,21-22H,5,8-9,11H2,1-4H3/b12-7+,13-10+,14-6-/t16-,17+,18-/m1/s1. The van der Waals surface area contributed by atoms with E-state index in [0.29, 0.717) is 17.6 Å². The van der Waals surface area contributed by atoms with Crippen molar-refractivity contribution >= 4 is 11.9 Å². The fraction of sp³-hybridized carbons (Fsp3) is 0.500. The average Bonchev–Trinajstić information content (AvgIpc) is 2.87. The van der Waals surface area contributed by atoms with Crippen LogP contribution in [0.5, 0.6) is 0 Å². The third kappa shape index (κ3) is 5.68. The smallest absolute Gasteiger partial charge is 0.334 e. The molecule has 0 aliphatic carbocycles. The number of hydrogen-bond acceptors (Lipinski definition) is 6. The molecule has 0 amide bonds. The monoisotopic (exact) mass is 364 g/mol. The van der Waals surface area contributed by atoms with Gasteiger partial charge in [0.15, 0.2) is 0 Å². The van der Waals surface area contributed by atoms with Gasteiger partial charge < -0.3 is 19.7 Å². The predicted octanol–water partition coefficient (Wildman–Crippen LogP) is 2.23. The van der Waals surface area contributed by atoms with Crippen LogP contribution in [0.25, 0.3) is 0 Å². The van der Waals surface area contributed by atoms with Gasteiger partial charge in [-0.1, -0.05) is 24.3 Å². The largest absolute Gasteiger partial charge is 0.458 e. The Bertz CT molecular complexity index is 641. The normalized spacial score (nSPS) is 23.1. The Balaban J connectivity index is 3.22. The van der Waals surface area contributed by atoms with Crippen molar-refractivity contribution in [2.45, 2.75) is 46.3 Å². The maximum Gasteiger partial charge on any atom is 0.334 e. The maximum atomic E-state index is 12.3. The van der Waals surface area contributed by atoms with E-state index in [2.05, 4.69) is 6.58 Å². The van der Waals surface area contributed by atoms with Gasteiger partial charge in [-0.3, -0.25) is 0 Å². The van der Waals surface area contributed by atoms with E-state index in [1.54, 1.807) is 39.0 Å². The first kappa shape index (κ1) is 21.9. The molecule has 6 nitrogen and oxygen atoms in total. The molecule has 1 saturated heterocycles. The highest BCUT2D eigenvalue weighted by Gasteiger charge is 2.44. The molecule has 0 aromatic rings. The second kappa shape index (κ2) is 10.1.